The second-order valence-electron chi connectivity index (χ2n) is 7.14. The largest absolute Gasteiger partial charge is 0.259 e. The van der Waals surface area contributed by atoms with E-state index >= 15 is 0 Å². The SMILES string of the molecule is Cc1cc(C)n2c(S[C@@H]3CCCC[C@H]3NS(=O)(=O)c3ccccc3)nnc2n1. The van der Waals surface area contributed by atoms with E-state index in [2.05, 4.69) is 19.9 Å². The lowest BCUT2D eigenvalue weighted by Gasteiger charge is -2.31. The summed E-state index contributed by atoms with van der Waals surface area (Å²) in [4.78, 5) is 4.73. The molecule has 0 aliphatic heterocycles. The lowest BCUT2D eigenvalue weighted by atomic mass is 9.96. The topological polar surface area (TPSA) is 89.2 Å². The molecule has 1 aromatic carbocycles. The molecule has 148 valence electrons. The molecular weight excluding hydrogens is 394 g/mol. The number of aromatic nitrogens is 4. The highest BCUT2D eigenvalue weighted by Crippen LogP contribution is 2.34. The number of hydrogen-bond donors (Lipinski definition) is 1. The Morgan fingerprint density at radius 1 is 1.11 bits per heavy atom. The minimum Gasteiger partial charge on any atom is -0.259 e. The Morgan fingerprint density at radius 2 is 1.86 bits per heavy atom. The Kier molecular flexibility index (Phi) is 5.39. The van der Waals surface area contributed by atoms with E-state index in [9.17, 15) is 8.42 Å². The highest BCUT2D eigenvalue weighted by Gasteiger charge is 2.31. The van der Waals surface area contributed by atoms with Crippen molar-refractivity contribution in [1.29, 1.82) is 0 Å². The van der Waals surface area contributed by atoms with Gasteiger partial charge in [-0.3, -0.25) is 4.40 Å². The van der Waals surface area contributed by atoms with Crippen LogP contribution in [-0.4, -0.2) is 39.3 Å². The van der Waals surface area contributed by atoms with Crippen molar-refractivity contribution in [2.45, 2.75) is 60.9 Å². The van der Waals surface area contributed by atoms with Crippen molar-refractivity contribution in [3.63, 3.8) is 0 Å². The fourth-order valence-corrected chi connectivity index (χ4v) is 6.41. The van der Waals surface area contributed by atoms with Gasteiger partial charge in [0.15, 0.2) is 5.16 Å². The second-order valence-corrected chi connectivity index (χ2v) is 10.1. The van der Waals surface area contributed by atoms with E-state index in [0.717, 1.165) is 42.2 Å². The molecule has 2 atom stereocenters. The van der Waals surface area contributed by atoms with Gasteiger partial charge in [-0.15, -0.1) is 10.2 Å². The van der Waals surface area contributed by atoms with E-state index in [-0.39, 0.29) is 11.3 Å². The van der Waals surface area contributed by atoms with Gasteiger partial charge in [0.2, 0.25) is 10.0 Å². The van der Waals surface area contributed by atoms with E-state index in [1.807, 2.05) is 30.4 Å². The van der Waals surface area contributed by atoms with Crippen LogP contribution in [0.3, 0.4) is 0 Å². The van der Waals surface area contributed by atoms with Crippen molar-refractivity contribution in [2.75, 3.05) is 0 Å². The van der Waals surface area contributed by atoms with Crippen LogP contribution in [0, 0.1) is 13.8 Å². The monoisotopic (exact) mass is 417 g/mol. The van der Waals surface area contributed by atoms with Gasteiger partial charge in [0.05, 0.1) is 4.90 Å². The minimum atomic E-state index is -3.55. The fourth-order valence-electron chi connectivity index (χ4n) is 3.65. The number of hydrogen-bond acceptors (Lipinski definition) is 6. The van der Waals surface area contributed by atoms with Crippen LogP contribution >= 0.6 is 11.8 Å². The molecule has 9 heteroatoms. The van der Waals surface area contributed by atoms with Crippen LogP contribution in [0.1, 0.15) is 37.1 Å². The van der Waals surface area contributed by atoms with Gasteiger partial charge in [-0.1, -0.05) is 42.8 Å². The summed E-state index contributed by atoms with van der Waals surface area (Å²) in [5, 5.41) is 9.37. The summed E-state index contributed by atoms with van der Waals surface area (Å²) in [6, 6.07) is 10.4. The van der Waals surface area contributed by atoms with Crippen LogP contribution in [0.15, 0.2) is 46.5 Å². The number of sulfonamides is 1. The third-order valence-electron chi connectivity index (χ3n) is 4.98. The number of thioether (sulfide) groups is 1. The maximum absolute atomic E-state index is 12.8. The first-order valence-corrected chi connectivity index (χ1v) is 11.7. The quantitative estimate of drug-likeness (QED) is 0.686. The molecule has 2 heterocycles. The van der Waals surface area contributed by atoms with Crippen LogP contribution in [0.5, 0.6) is 0 Å². The van der Waals surface area contributed by atoms with Crippen molar-refractivity contribution in [3.05, 3.63) is 47.8 Å². The number of rotatable bonds is 5. The molecule has 1 saturated carbocycles. The molecule has 3 aromatic rings. The van der Waals surface area contributed by atoms with Gasteiger partial charge in [0, 0.05) is 22.7 Å². The van der Waals surface area contributed by atoms with Crippen LogP contribution in [0.4, 0.5) is 0 Å². The Hall–Kier alpha value is -1.97. The molecular formula is C19H23N5O2S2. The Balaban J connectivity index is 1.58. The molecule has 1 aliphatic carbocycles. The maximum Gasteiger partial charge on any atom is 0.256 e. The fraction of sp³-hybridized carbons (Fsp3) is 0.421. The minimum absolute atomic E-state index is 0.0975. The van der Waals surface area contributed by atoms with Crippen molar-refractivity contribution < 1.29 is 8.42 Å². The maximum atomic E-state index is 12.8. The standard InChI is InChI=1S/C19H23N5O2S2/c1-13-12-14(2)24-18(20-13)21-22-19(24)27-17-11-7-6-10-16(17)23-28(25,26)15-8-4-3-5-9-15/h3-5,8-9,12,16-17,23H,6-7,10-11H2,1-2H3/t16-,17-/m1/s1. The summed E-state index contributed by atoms with van der Waals surface area (Å²) in [6.07, 6.45) is 3.84. The molecule has 2 aromatic heterocycles. The molecule has 7 nitrogen and oxygen atoms in total. The summed E-state index contributed by atoms with van der Waals surface area (Å²) in [6.45, 7) is 3.94. The van der Waals surface area contributed by atoms with Gasteiger partial charge in [0.25, 0.3) is 5.78 Å². The zero-order valence-corrected chi connectivity index (χ0v) is 17.5. The second kappa shape index (κ2) is 7.81. The molecule has 4 rings (SSSR count). The zero-order valence-electron chi connectivity index (χ0n) is 15.9. The highest BCUT2D eigenvalue weighted by atomic mass is 32.2. The number of nitrogens with one attached hydrogen (secondary N) is 1. The van der Waals surface area contributed by atoms with Crippen LogP contribution < -0.4 is 4.72 Å². The molecule has 0 amide bonds. The molecule has 1 N–H and O–H groups in total. The third-order valence-corrected chi connectivity index (χ3v) is 7.83. The molecule has 0 spiro atoms. The first kappa shape index (κ1) is 19.4. The average Bonchev–Trinajstić information content (AvgIpc) is 3.06. The number of fused-ring (bicyclic) bond motifs is 1. The highest BCUT2D eigenvalue weighted by molar-refractivity contribution is 7.99. The first-order valence-electron chi connectivity index (χ1n) is 9.37. The molecule has 0 bridgehead atoms. The van der Waals surface area contributed by atoms with Crippen LogP contribution in [0.25, 0.3) is 5.78 Å². The van der Waals surface area contributed by atoms with E-state index in [1.54, 1.807) is 36.0 Å². The molecule has 0 radical (unpaired) electrons. The zero-order chi connectivity index (χ0) is 19.7. The lowest BCUT2D eigenvalue weighted by molar-refractivity contribution is 0.422. The van der Waals surface area contributed by atoms with E-state index in [0.29, 0.717) is 10.7 Å². The lowest BCUT2D eigenvalue weighted by Crippen LogP contribution is -2.43. The van der Waals surface area contributed by atoms with Gasteiger partial charge in [-0.2, -0.15) is 0 Å². The van der Waals surface area contributed by atoms with Gasteiger partial charge < -0.3 is 0 Å². The van der Waals surface area contributed by atoms with E-state index in [4.69, 9.17) is 0 Å². The summed E-state index contributed by atoms with van der Waals surface area (Å²) in [5.41, 5.74) is 1.92. The van der Waals surface area contributed by atoms with Crippen molar-refractivity contribution in [2.24, 2.45) is 0 Å². The molecule has 0 unspecified atom stereocenters. The van der Waals surface area contributed by atoms with Crippen LogP contribution in [-0.2, 0) is 10.0 Å². The van der Waals surface area contributed by atoms with E-state index in [1.165, 1.54) is 0 Å². The normalized spacial score (nSPS) is 20.5. The molecule has 0 saturated heterocycles. The van der Waals surface area contributed by atoms with Gasteiger partial charge >= 0.3 is 0 Å². The van der Waals surface area contributed by atoms with Crippen molar-refractivity contribution in [1.82, 2.24) is 24.3 Å². The van der Waals surface area contributed by atoms with Gasteiger partial charge in [0.1, 0.15) is 0 Å². The van der Waals surface area contributed by atoms with Gasteiger partial charge in [-0.25, -0.2) is 18.1 Å². The predicted octanol–water partition coefficient (Wildman–Crippen LogP) is 3.12. The van der Waals surface area contributed by atoms with Crippen molar-refractivity contribution >= 4 is 27.6 Å². The first-order chi connectivity index (χ1) is 13.4. The Labute approximate surface area is 169 Å². The number of aryl methyl sites for hydroxylation is 2. The van der Waals surface area contributed by atoms with Gasteiger partial charge in [-0.05, 0) is 44.9 Å². The summed E-state index contributed by atoms with van der Waals surface area (Å²) in [5.74, 6) is 0.581. The number of benzene rings is 1. The summed E-state index contributed by atoms with van der Waals surface area (Å²) >= 11 is 1.59. The smallest absolute Gasteiger partial charge is 0.256 e. The predicted molar refractivity (Wildman–Crippen MR) is 109 cm³/mol. The Morgan fingerprint density at radius 3 is 2.64 bits per heavy atom. The molecule has 1 aliphatic rings. The molecule has 28 heavy (non-hydrogen) atoms. The molecule has 1 fully saturated rings. The van der Waals surface area contributed by atoms with E-state index < -0.39 is 10.0 Å². The third kappa shape index (κ3) is 3.92. The average molecular weight is 418 g/mol. The summed E-state index contributed by atoms with van der Waals surface area (Å²) in [7, 11) is -3.55. The summed E-state index contributed by atoms with van der Waals surface area (Å²) < 4.78 is 30.4. The Bertz CT molecular complexity index is 1080. The van der Waals surface area contributed by atoms with Crippen LogP contribution in [0.2, 0.25) is 0 Å². The van der Waals surface area contributed by atoms with Crippen molar-refractivity contribution in [3.8, 4) is 0 Å². The number of nitrogens with zero attached hydrogens (tertiary/aromatic N) is 4.